The maximum Gasteiger partial charge on any atom is 0.312 e. The van der Waals surface area contributed by atoms with Gasteiger partial charge in [0.2, 0.25) is 0 Å². The Labute approximate surface area is 118 Å². The van der Waals surface area contributed by atoms with E-state index in [2.05, 4.69) is 6.92 Å². The van der Waals surface area contributed by atoms with E-state index >= 15 is 0 Å². The van der Waals surface area contributed by atoms with Gasteiger partial charge < -0.3 is 9.84 Å². The molecule has 0 heterocycles. The van der Waals surface area contributed by atoms with Gasteiger partial charge in [0.05, 0.1) is 17.9 Å². The molecule has 0 aromatic heterocycles. The molecule has 5 atom stereocenters. The van der Waals surface area contributed by atoms with E-state index < -0.39 is 35.4 Å². The summed E-state index contributed by atoms with van der Waals surface area (Å²) in [7, 11) is 0. The lowest BCUT2D eigenvalue weighted by atomic mass is 9.98. The maximum atomic E-state index is 14.6. The van der Waals surface area contributed by atoms with Crippen LogP contribution in [0.5, 0.6) is 0 Å². The first-order valence-corrected chi connectivity index (χ1v) is 7.55. The largest absolute Gasteiger partial charge is 0.481 e. The van der Waals surface area contributed by atoms with Crippen LogP contribution in [0.2, 0.25) is 0 Å². The Bertz CT molecular complexity index is 397. The number of carboxylic acids is 1. The van der Waals surface area contributed by atoms with Crippen LogP contribution in [0.15, 0.2) is 0 Å². The van der Waals surface area contributed by atoms with Gasteiger partial charge in [-0.25, -0.2) is 4.39 Å². The summed E-state index contributed by atoms with van der Waals surface area (Å²) in [5.74, 6) is -4.08. The van der Waals surface area contributed by atoms with E-state index in [-0.39, 0.29) is 6.10 Å². The minimum absolute atomic E-state index is 0.223. The van der Waals surface area contributed by atoms with Crippen LogP contribution in [0.25, 0.3) is 0 Å². The fourth-order valence-electron chi connectivity index (χ4n) is 3.56. The number of esters is 1. The van der Waals surface area contributed by atoms with Gasteiger partial charge in [-0.3, -0.25) is 9.59 Å². The molecular weight excluding hydrogens is 263 g/mol. The molecule has 0 spiro atoms. The van der Waals surface area contributed by atoms with Crippen molar-refractivity contribution in [1.82, 2.24) is 0 Å². The average Bonchev–Trinajstić information content (AvgIpc) is 2.82. The molecule has 0 aromatic rings. The summed E-state index contributed by atoms with van der Waals surface area (Å²) in [6.45, 7) is 3.91. The van der Waals surface area contributed by atoms with Crippen molar-refractivity contribution in [2.45, 2.75) is 64.1 Å². The zero-order valence-electron chi connectivity index (χ0n) is 12.1. The number of carbonyl (C=O) groups is 2. The summed E-state index contributed by atoms with van der Waals surface area (Å²) in [6.07, 6.45) is 4.59. The lowest BCUT2D eigenvalue weighted by molar-refractivity contribution is -0.157. The highest BCUT2D eigenvalue weighted by molar-refractivity contribution is 5.83. The standard InChI is InChI=1S/C15H23FO4/c1-3-4-5-6-9(2)20-14(19)11-8-7-10-12(13(17)18)15(10,11)16/h9-12H,3-8H2,1-2H3,(H,17,18). The highest BCUT2D eigenvalue weighted by atomic mass is 19.1. The third-order valence-electron chi connectivity index (χ3n) is 4.72. The van der Waals surface area contributed by atoms with Crippen LogP contribution < -0.4 is 0 Å². The summed E-state index contributed by atoms with van der Waals surface area (Å²) in [6, 6.07) is 0. The molecule has 2 rings (SSSR count). The van der Waals surface area contributed by atoms with Gasteiger partial charge in [-0.1, -0.05) is 19.8 Å². The zero-order chi connectivity index (χ0) is 14.9. The number of ether oxygens (including phenoxy) is 1. The average molecular weight is 286 g/mol. The Morgan fingerprint density at radius 1 is 1.40 bits per heavy atom. The Hall–Kier alpha value is -1.13. The highest BCUT2D eigenvalue weighted by Crippen LogP contribution is 2.66. The van der Waals surface area contributed by atoms with Crippen LogP contribution in [0.4, 0.5) is 4.39 Å². The molecule has 0 aromatic carbocycles. The number of alkyl halides is 1. The number of carboxylic acid groups (broad SMARTS) is 1. The molecule has 0 bridgehead atoms. The second kappa shape index (κ2) is 5.70. The van der Waals surface area contributed by atoms with Gasteiger partial charge >= 0.3 is 11.9 Å². The molecular formula is C15H23FO4. The van der Waals surface area contributed by atoms with Crippen molar-refractivity contribution in [3.63, 3.8) is 0 Å². The summed E-state index contributed by atoms with van der Waals surface area (Å²) in [4.78, 5) is 23.0. The van der Waals surface area contributed by atoms with Crippen molar-refractivity contribution in [3.8, 4) is 0 Å². The number of unbranched alkanes of at least 4 members (excludes halogenated alkanes) is 2. The first-order chi connectivity index (χ1) is 9.42. The third kappa shape index (κ3) is 2.54. The zero-order valence-corrected chi connectivity index (χ0v) is 12.1. The van der Waals surface area contributed by atoms with Gasteiger partial charge in [0, 0.05) is 5.92 Å². The quantitative estimate of drug-likeness (QED) is 0.577. The predicted octanol–water partition coefficient (Wildman–Crippen LogP) is 2.95. The number of hydrogen-bond acceptors (Lipinski definition) is 3. The van der Waals surface area contributed by atoms with E-state index in [1.165, 1.54) is 0 Å². The fraction of sp³-hybridized carbons (Fsp3) is 0.867. The molecule has 4 nitrogen and oxygen atoms in total. The number of aliphatic carboxylic acids is 1. The molecule has 114 valence electrons. The Balaban J connectivity index is 1.86. The van der Waals surface area contributed by atoms with E-state index in [1.54, 1.807) is 0 Å². The first-order valence-electron chi connectivity index (χ1n) is 7.55. The van der Waals surface area contributed by atoms with E-state index in [9.17, 15) is 14.0 Å². The molecule has 20 heavy (non-hydrogen) atoms. The monoisotopic (exact) mass is 286 g/mol. The van der Waals surface area contributed by atoms with E-state index in [4.69, 9.17) is 9.84 Å². The molecule has 5 unspecified atom stereocenters. The molecule has 1 N–H and O–H groups in total. The van der Waals surface area contributed by atoms with E-state index in [1.807, 2.05) is 6.92 Å². The van der Waals surface area contributed by atoms with Gasteiger partial charge in [-0.2, -0.15) is 0 Å². The SMILES string of the molecule is CCCCCC(C)OC(=O)C1CCC2C(C(=O)O)C12F. The highest BCUT2D eigenvalue weighted by Gasteiger charge is 2.78. The molecule has 0 amide bonds. The van der Waals surface area contributed by atoms with Gasteiger partial charge in [0.25, 0.3) is 0 Å². The van der Waals surface area contributed by atoms with Crippen molar-refractivity contribution in [2.24, 2.45) is 17.8 Å². The summed E-state index contributed by atoms with van der Waals surface area (Å²) in [5.41, 5.74) is -1.86. The summed E-state index contributed by atoms with van der Waals surface area (Å²) >= 11 is 0. The molecule has 0 radical (unpaired) electrons. The second-order valence-electron chi connectivity index (χ2n) is 6.12. The summed E-state index contributed by atoms with van der Waals surface area (Å²) < 4.78 is 19.9. The number of carbonyl (C=O) groups excluding carboxylic acids is 1. The van der Waals surface area contributed by atoms with Gasteiger partial charge in [0.1, 0.15) is 5.67 Å². The summed E-state index contributed by atoms with van der Waals surface area (Å²) in [5, 5.41) is 8.96. The molecule has 2 aliphatic carbocycles. The Kier molecular flexibility index (Phi) is 4.35. The topological polar surface area (TPSA) is 63.6 Å². The number of fused-ring (bicyclic) bond motifs is 1. The van der Waals surface area contributed by atoms with Crippen LogP contribution in [0.1, 0.15) is 52.4 Å². The lowest BCUT2D eigenvalue weighted by Gasteiger charge is -2.20. The van der Waals surface area contributed by atoms with Crippen LogP contribution in [0, 0.1) is 17.8 Å². The van der Waals surface area contributed by atoms with Crippen molar-refractivity contribution >= 4 is 11.9 Å². The number of halogens is 1. The van der Waals surface area contributed by atoms with E-state index in [0.29, 0.717) is 12.8 Å². The Morgan fingerprint density at radius 2 is 2.10 bits per heavy atom. The van der Waals surface area contributed by atoms with Crippen molar-refractivity contribution in [3.05, 3.63) is 0 Å². The molecule has 0 saturated heterocycles. The molecule has 2 fully saturated rings. The van der Waals surface area contributed by atoms with Crippen molar-refractivity contribution in [2.75, 3.05) is 0 Å². The predicted molar refractivity (Wildman–Crippen MR) is 70.9 cm³/mol. The minimum Gasteiger partial charge on any atom is -0.481 e. The second-order valence-corrected chi connectivity index (χ2v) is 6.12. The smallest absolute Gasteiger partial charge is 0.312 e. The molecule has 2 saturated carbocycles. The first kappa shape index (κ1) is 15.3. The number of rotatable bonds is 7. The van der Waals surface area contributed by atoms with Gasteiger partial charge in [-0.05, 0) is 32.6 Å². The van der Waals surface area contributed by atoms with Crippen molar-refractivity contribution in [1.29, 1.82) is 0 Å². The van der Waals surface area contributed by atoms with Crippen LogP contribution in [-0.2, 0) is 14.3 Å². The lowest BCUT2D eigenvalue weighted by Crippen LogP contribution is -2.32. The van der Waals surface area contributed by atoms with Crippen LogP contribution in [0.3, 0.4) is 0 Å². The molecule has 5 heteroatoms. The normalized spacial score (nSPS) is 36.2. The van der Waals surface area contributed by atoms with Crippen LogP contribution in [-0.4, -0.2) is 28.8 Å². The van der Waals surface area contributed by atoms with Crippen molar-refractivity contribution < 1.29 is 23.8 Å². The molecule has 0 aliphatic heterocycles. The maximum absolute atomic E-state index is 14.6. The molecule has 2 aliphatic rings. The van der Waals surface area contributed by atoms with Gasteiger partial charge in [-0.15, -0.1) is 0 Å². The third-order valence-corrected chi connectivity index (χ3v) is 4.72. The number of hydrogen-bond donors (Lipinski definition) is 1. The Morgan fingerprint density at radius 3 is 2.65 bits per heavy atom. The minimum atomic E-state index is -1.86. The van der Waals surface area contributed by atoms with Crippen LogP contribution >= 0.6 is 0 Å². The van der Waals surface area contributed by atoms with E-state index in [0.717, 1.165) is 25.7 Å². The van der Waals surface area contributed by atoms with Gasteiger partial charge in [0.15, 0.2) is 0 Å². The fourth-order valence-corrected chi connectivity index (χ4v) is 3.56.